The molecule has 0 aliphatic heterocycles. The third kappa shape index (κ3) is 4.70. The number of benzene rings is 1. The number of nitrogens with one attached hydrogen (secondary N) is 2. The second-order valence-corrected chi connectivity index (χ2v) is 8.28. The minimum absolute atomic E-state index is 0.127. The molecule has 1 aromatic carbocycles. The van der Waals surface area contributed by atoms with Crippen molar-refractivity contribution in [3.8, 4) is 5.75 Å². The lowest BCUT2D eigenvalue weighted by Crippen LogP contribution is -2.21. The Morgan fingerprint density at radius 1 is 1.29 bits per heavy atom. The molecule has 2 heterocycles. The Morgan fingerprint density at radius 2 is 1.97 bits per heavy atom. The average molecular weight is 444 g/mol. The summed E-state index contributed by atoms with van der Waals surface area (Å²) in [6.07, 6.45) is 0. The Labute approximate surface area is 183 Å². The van der Waals surface area contributed by atoms with Crippen molar-refractivity contribution >= 4 is 34.4 Å². The molecule has 3 aromatic rings. The first-order chi connectivity index (χ1) is 14.6. The van der Waals surface area contributed by atoms with Crippen molar-refractivity contribution in [3.05, 3.63) is 59.1 Å². The number of phenolic OH excluding ortho intramolecular Hbond substituents is 1. The quantitative estimate of drug-likeness (QED) is 0.280. The van der Waals surface area contributed by atoms with Gasteiger partial charge in [0.15, 0.2) is 16.9 Å². The summed E-state index contributed by atoms with van der Waals surface area (Å²) >= 11 is -1.84. The fourth-order valence-electron chi connectivity index (χ4n) is 2.94. The lowest BCUT2D eigenvalue weighted by atomic mass is 10.1. The molecule has 0 spiro atoms. The summed E-state index contributed by atoms with van der Waals surface area (Å²) in [5.41, 5.74) is 2.12. The molecule has 10 heteroatoms. The van der Waals surface area contributed by atoms with Gasteiger partial charge in [0, 0.05) is 22.8 Å². The number of aromatic nitrogens is 2. The lowest BCUT2D eigenvalue weighted by Gasteiger charge is -2.17. The Balaban J connectivity index is 1.93. The van der Waals surface area contributed by atoms with Gasteiger partial charge in [0.2, 0.25) is 11.6 Å². The van der Waals surface area contributed by atoms with E-state index in [0.717, 1.165) is 16.9 Å². The number of hydrogen-bond donors (Lipinski definition) is 3. The molecule has 3 rings (SSSR count). The van der Waals surface area contributed by atoms with E-state index in [2.05, 4.69) is 26.0 Å². The number of carbonyl (C=O) groups is 1. The van der Waals surface area contributed by atoms with Crippen molar-refractivity contribution in [1.29, 1.82) is 0 Å². The second-order valence-electron chi connectivity index (χ2n) is 7.45. The number of anilines is 3. The van der Waals surface area contributed by atoms with E-state index in [0.29, 0.717) is 5.76 Å². The van der Waals surface area contributed by atoms with E-state index in [1.54, 1.807) is 26.2 Å². The Kier molecular flexibility index (Phi) is 6.32. The van der Waals surface area contributed by atoms with Crippen LogP contribution in [-0.2, 0) is 0 Å². The van der Waals surface area contributed by atoms with Crippen molar-refractivity contribution in [1.82, 2.24) is 13.6 Å². The number of furan rings is 1. The highest BCUT2D eigenvalue weighted by Gasteiger charge is 2.25. The molecule has 0 aliphatic carbocycles. The predicted octanol–water partition coefficient (Wildman–Crippen LogP) is 4.29. The zero-order chi connectivity index (χ0) is 22.9. The summed E-state index contributed by atoms with van der Waals surface area (Å²) in [5, 5.41) is 16.7. The average Bonchev–Trinajstić information content (AvgIpc) is 3.21. The van der Waals surface area contributed by atoms with Crippen LogP contribution in [0, 0.1) is 13.8 Å². The van der Waals surface area contributed by atoms with Gasteiger partial charge in [0.25, 0.3) is 5.91 Å². The van der Waals surface area contributed by atoms with Crippen LogP contribution in [-0.4, -0.2) is 43.3 Å². The summed E-state index contributed by atoms with van der Waals surface area (Å²) in [5.74, 6) is 1.23. The highest BCUT2D eigenvalue weighted by molar-refractivity contribution is 7.14. The van der Waals surface area contributed by atoms with Crippen LogP contribution in [0.15, 0.2) is 40.8 Å². The van der Waals surface area contributed by atoms with Gasteiger partial charge in [-0.2, -0.15) is 0 Å². The minimum atomic E-state index is -1.84. The summed E-state index contributed by atoms with van der Waals surface area (Å²) in [6.45, 7) is 9.66. The van der Waals surface area contributed by atoms with Gasteiger partial charge in [-0.25, -0.2) is 0 Å². The smallest absolute Gasteiger partial charge is 0.257 e. The van der Waals surface area contributed by atoms with Gasteiger partial charge in [0.1, 0.15) is 17.6 Å². The highest BCUT2D eigenvalue weighted by atomic mass is 32.2. The number of carbonyl (C=O) groups excluding carboxylic acids is 1. The molecule has 9 nitrogen and oxygen atoms in total. The molecule has 0 fully saturated rings. The first-order valence-corrected chi connectivity index (χ1v) is 10.5. The Morgan fingerprint density at radius 3 is 2.55 bits per heavy atom. The van der Waals surface area contributed by atoms with Crippen LogP contribution >= 0.6 is 11.1 Å². The zero-order valence-corrected chi connectivity index (χ0v) is 18.8. The molecule has 31 heavy (non-hydrogen) atoms. The molecule has 1 amide bonds. The molecule has 2 atom stereocenters. The standard InChI is InChI=1S/C21H25N5O4S/c1-11(2)17(16-10-12(3)13(4)30-16)23-20-19(24-31(29)25-20)22-15-9-7-8-14(18(15)27)21(28)26(5)6/h7-10,17,27H,1H2,2-6H3,(H,22,24)(H,23,25)/t17-,31?/m1/s1. The molecule has 0 saturated heterocycles. The first kappa shape index (κ1) is 22.3. The van der Waals surface area contributed by atoms with Crippen LogP contribution in [0.2, 0.25) is 0 Å². The third-order valence-electron chi connectivity index (χ3n) is 4.73. The van der Waals surface area contributed by atoms with Gasteiger partial charge in [0.05, 0.1) is 11.3 Å². The number of aromatic hydroxyl groups is 1. The molecule has 0 aliphatic rings. The third-order valence-corrected chi connectivity index (χ3v) is 5.41. The monoisotopic (exact) mass is 443 g/mol. The maximum Gasteiger partial charge on any atom is 0.257 e. The van der Waals surface area contributed by atoms with E-state index in [9.17, 15) is 14.5 Å². The highest BCUT2D eigenvalue weighted by Crippen LogP contribution is 2.36. The number of phenols is 1. The van der Waals surface area contributed by atoms with Crippen LogP contribution in [0.5, 0.6) is 5.75 Å². The number of aryl methyl sites for hydroxylation is 2. The molecule has 3 N–H and O–H groups in total. The molecular formula is C21H25N5O4S. The topological polar surface area (TPSA) is 127 Å². The number of para-hydroxylation sites is 1. The molecule has 0 radical (unpaired) electrons. The first-order valence-electron chi connectivity index (χ1n) is 9.47. The van der Waals surface area contributed by atoms with Crippen molar-refractivity contribution in [3.63, 3.8) is 0 Å². The van der Waals surface area contributed by atoms with Crippen LogP contribution in [0.4, 0.5) is 17.3 Å². The molecule has 2 aromatic heterocycles. The molecule has 164 valence electrons. The van der Waals surface area contributed by atoms with E-state index in [-0.39, 0.29) is 34.5 Å². The SMILES string of the molecule is C=C(C)[C@@H](Nc1n[s+]([O-])nc1Nc1cccc(C(=O)N(C)C)c1O)c1cc(C)c(C)o1. The largest absolute Gasteiger partial charge is 0.546 e. The summed E-state index contributed by atoms with van der Waals surface area (Å²) in [7, 11) is 3.19. The van der Waals surface area contributed by atoms with Gasteiger partial charge in [-0.1, -0.05) is 18.2 Å². The zero-order valence-electron chi connectivity index (χ0n) is 18.0. The van der Waals surface area contributed by atoms with Crippen molar-refractivity contribution < 1.29 is 18.9 Å². The fourth-order valence-corrected chi connectivity index (χ4v) is 3.57. The van der Waals surface area contributed by atoms with Crippen LogP contribution < -0.4 is 10.6 Å². The van der Waals surface area contributed by atoms with Crippen LogP contribution in [0.25, 0.3) is 0 Å². The van der Waals surface area contributed by atoms with Gasteiger partial charge in [-0.3, -0.25) is 4.79 Å². The molecule has 0 bridgehead atoms. The molecule has 0 saturated carbocycles. The maximum atomic E-state index is 12.3. The predicted molar refractivity (Wildman–Crippen MR) is 119 cm³/mol. The second kappa shape index (κ2) is 8.78. The van der Waals surface area contributed by atoms with Crippen molar-refractivity contribution in [2.75, 3.05) is 24.7 Å². The van der Waals surface area contributed by atoms with Crippen molar-refractivity contribution in [2.24, 2.45) is 0 Å². The van der Waals surface area contributed by atoms with E-state index in [4.69, 9.17) is 4.42 Å². The van der Waals surface area contributed by atoms with Crippen LogP contribution in [0.3, 0.4) is 0 Å². The number of nitrogens with zero attached hydrogens (tertiary/aromatic N) is 3. The van der Waals surface area contributed by atoms with E-state index in [1.165, 1.54) is 11.0 Å². The summed E-state index contributed by atoms with van der Waals surface area (Å²) < 4.78 is 25.9. The summed E-state index contributed by atoms with van der Waals surface area (Å²) in [4.78, 5) is 13.6. The Bertz CT molecular complexity index is 1120. The van der Waals surface area contributed by atoms with Gasteiger partial charge >= 0.3 is 0 Å². The minimum Gasteiger partial charge on any atom is -0.546 e. The molecule has 1 unspecified atom stereocenters. The van der Waals surface area contributed by atoms with Gasteiger partial charge < -0.3 is 29.6 Å². The van der Waals surface area contributed by atoms with Gasteiger partial charge in [-0.05, 0) is 44.5 Å². The Hall–Kier alpha value is -3.37. The maximum absolute atomic E-state index is 12.3. The van der Waals surface area contributed by atoms with E-state index in [1.807, 2.05) is 26.8 Å². The molecular weight excluding hydrogens is 418 g/mol. The van der Waals surface area contributed by atoms with E-state index < -0.39 is 17.2 Å². The van der Waals surface area contributed by atoms with E-state index >= 15 is 0 Å². The van der Waals surface area contributed by atoms with Crippen LogP contribution in [0.1, 0.15) is 40.4 Å². The number of rotatable bonds is 7. The normalized spacial score (nSPS) is 12.4. The summed E-state index contributed by atoms with van der Waals surface area (Å²) in [6, 6.07) is 6.20. The fraction of sp³-hybridized carbons (Fsp3) is 0.286. The number of hydrogen-bond acceptors (Lipinski definition) is 8. The lowest BCUT2D eigenvalue weighted by molar-refractivity contribution is 0.0824. The van der Waals surface area contributed by atoms with Gasteiger partial charge in [-0.15, -0.1) is 0 Å². The van der Waals surface area contributed by atoms with Crippen molar-refractivity contribution in [2.45, 2.75) is 26.8 Å². The number of amides is 1.